The number of carbonyl (C=O) groups excluding carboxylic acids is 2. The summed E-state index contributed by atoms with van der Waals surface area (Å²) in [6, 6.07) is 13.4. The lowest BCUT2D eigenvalue weighted by Gasteiger charge is -2.33. The number of hydrogen-bond acceptors (Lipinski definition) is 6. The Hall–Kier alpha value is -3.68. The Kier molecular flexibility index (Phi) is 6.44. The van der Waals surface area contributed by atoms with Crippen molar-refractivity contribution in [1.82, 2.24) is 9.80 Å². The maximum Gasteiger partial charge on any atom is 0.277 e. The molecule has 33 heavy (non-hydrogen) atoms. The van der Waals surface area contributed by atoms with Crippen LogP contribution in [-0.2, 0) is 16.0 Å². The third-order valence-corrected chi connectivity index (χ3v) is 6.27. The third-order valence-electron chi connectivity index (χ3n) is 6.27. The lowest BCUT2D eigenvalue weighted by Crippen LogP contribution is -2.39. The number of carbonyl (C=O) groups is 2. The van der Waals surface area contributed by atoms with E-state index in [1.165, 1.54) is 17.0 Å². The smallest absolute Gasteiger partial charge is 0.277 e. The van der Waals surface area contributed by atoms with Gasteiger partial charge in [-0.1, -0.05) is 19.1 Å². The van der Waals surface area contributed by atoms with Crippen molar-refractivity contribution in [2.24, 2.45) is 5.92 Å². The van der Waals surface area contributed by atoms with Crippen molar-refractivity contribution in [3.05, 3.63) is 75.5 Å². The molecule has 2 aliphatic rings. The van der Waals surface area contributed by atoms with Crippen LogP contribution in [0.4, 0.5) is 5.69 Å². The number of nitro groups is 1. The highest BCUT2D eigenvalue weighted by molar-refractivity contribution is 6.35. The summed E-state index contributed by atoms with van der Waals surface area (Å²) in [5, 5.41) is 11.1. The number of nitro benzene ring substituents is 1. The van der Waals surface area contributed by atoms with E-state index in [9.17, 15) is 19.7 Å². The van der Waals surface area contributed by atoms with Gasteiger partial charge in [0, 0.05) is 31.8 Å². The number of hydrogen-bond donors (Lipinski definition) is 0. The van der Waals surface area contributed by atoms with Gasteiger partial charge in [-0.15, -0.1) is 0 Å². The van der Waals surface area contributed by atoms with Gasteiger partial charge in [-0.3, -0.25) is 24.6 Å². The Bertz CT molecular complexity index is 1090. The summed E-state index contributed by atoms with van der Waals surface area (Å²) in [4.78, 5) is 40.8. The summed E-state index contributed by atoms with van der Waals surface area (Å²) < 4.78 is 5.18. The molecule has 0 radical (unpaired) electrons. The van der Waals surface area contributed by atoms with Crippen molar-refractivity contribution in [2.45, 2.75) is 26.2 Å². The van der Waals surface area contributed by atoms with E-state index in [0.29, 0.717) is 42.3 Å². The Morgan fingerprint density at radius 3 is 2.36 bits per heavy atom. The topological polar surface area (TPSA) is 93.0 Å². The minimum absolute atomic E-state index is 0.0550. The minimum atomic E-state index is -0.478. The molecular formula is C25H27N3O5. The van der Waals surface area contributed by atoms with Gasteiger partial charge in [-0.05, 0) is 60.6 Å². The zero-order chi connectivity index (χ0) is 23.5. The predicted octanol–water partition coefficient (Wildman–Crippen LogP) is 3.66. The lowest BCUT2D eigenvalue weighted by atomic mass is 9.97. The highest BCUT2D eigenvalue weighted by atomic mass is 16.6. The number of likely N-dealkylation sites (tertiary alicyclic amines) is 1. The van der Waals surface area contributed by atoms with Gasteiger partial charge in [-0.2, -0.15) is 0 Å². The van der Waals surface area contributed by atoms with E-state index < -0.39 is 4.92 Å². The van der Waals surface area contributed by atoms with Crippen molar-refractivity contribution in [1.29, 1.82) is 0 Å². The standard InChI is InChI=1S/C25H27N3O5/c1-17-4-3-14-26(16-17)23-22(19-7-9-20(10-8-19)28(31)32)24(29)27(25(23)30)15-13-18-5-11-21(33-2)12-6-18/h5-12,17H,3-4,13-16H2,1-2H3. The largest absolute Gasteiger partial charge is 0.497 e. The van der Waals surface area contributed by atoms with Crippen LogP contribution in [0.15, 0.2) is 54.2 Å². The van der Waals surface area contributed by atoms with Crippen LogP contribution in [0.25, 0.3) is 5.57 Å². The molecule has 0 saturated carbocycles. The first-order chi connectivity index (χ1) is 15.9. The molecule has 0 N–H and O–H groups in total. The van der Waals surface area contributed by atoms with Crippen molar-refractivity contribution >= 4 is 23.1 Å². The average molecular weight is 450 g/mol. The summed E-state index contributed by atoms with van der Waals surface area (Å²) in [5.41, 5.74) is 2.21. The quantitative estimate of drug-likeness (QED) is 0.364. The lowest BCUT2D eigenvalue weighted by molar-refractivity contribution is -0.384. The van der Waals surface area contributed by atoms with Crippen molar-refractivity contribution in [2.75, 3.05) is 26.7 Å². The normalized spacial score (nSPS) is 18.8. The number of piperidine rings is 1. The van der Waals surface area contributed by atoms with Crippen LogP contribution in [0.1, 0.15) is 30.9 Å². The maximum absolute atomic E-state index is 13.5. The molecule has 0 aliphatic carbocycles. The minimum Gasteiger partial charge on any atom is -0.497 e. The molecule has 8 nitrogen and oxygen atoms in total. The SMILES string of the molecule is COc1ccc(CCN2C(=O)C(c3ccc([N+](=O)[O-])cc3)=C(N3CCCC(C)C3)C2=O)cc1. The summed E-state index contributed by atoms with van der Waals surface area (Å²) in [5.74, 6) is 0.517. The van der Waals surface area contributed by atoms with Crippen molar-refractivity contribution < 1.29 is 19.2 Å². The Balaban J connectivity index is 1.63. The van der Waals surface area contributed by atoms with Crippen LogP contribution in [0.3, 0.4) is 0 Å². The Morgan fingerprint density at radius 2 is 1.76 bits per heavy atom. The van der Waals surface area contributed by atoms with Crippen LogP contribution in [0, 0.1) is 16.0 Å². The molecule has 2 aromatic carbocycles. The van der Waals surface area contributed by atoms with Crippen molar-refractivity contribution in [3.8, 4) is 5.75 Å². The molecule has 0 spiro atoms. The zero-order valence-corrected chi connectivity index (χ0v) is 18.8. The van der Waals surface area contributed by atoms with E-state index in [4.69, 9.17) is 4.74 Å². The van der Waals surface area contributed by atoms with Crippen LogP contribution in [0.2, 0.25) is 0 Å². The molecule has 2 heterocycles. The number of methoxy groups -OCH3 is 1. The van der Waals surface area contributed by atoms with Gasteiger partial charge in [0.1, 0.15) is 11.4 Å². The van der Waals surface area contributed by atoms with Crippen LogP contribution in [0.5, 0.6) is 5.75 Å². The van der Waals surface area contributed by atoms with Gasteiger partial charge in [0.25, 0.3) is 17.5 Å². The third kappa shape index (κ3) is 4.60. The number of ether oxygens (including phenoxy) is 1. The molecule has 1 atom stereocenters. The second kappa shape index (κ2) is 9.44. The first-order valence-electron chi connectivity index (χ1n) is 11.1. The van der Waals surface area contributed by atoms with Gasteiger partial charge in [0.05, 0.1) is 17.6 Å². The van der Waals surface area contributed by atoms with E-state index in [1.54, 1.807) is 19.2 Å². The highest BCUT2D eigenvalue weighted by Crippen LogP contribution is 2.34. The van der Waals surface area contributed by atoms with Gasteiger partial charge < -0.3 is 9.64 Å². The number of amides is 2. The highest BCUT2D eigenvalue weighted by Gasteiger charge is 2.42. The fourth-order valence-electron chi connectivity index (χ4n) is 4.50. The van der Waals surface area contributed by atoms with Gasteiger partial charge in [0.2, 0.25) is 0 Å². The van der Waals surface area contributed by atoms with Gasteiger partial charge in [-0.25, -0.2) is 0 Å². The predicted molar refractivity (Wildman–Crippen MR) is 123 cm³/mol. The molecule has 8 heteroatoms. The zero-order valence-electron chi connectivity index (χ0n) is 18.8. The summed E-state index contributed by atoms with van der Waals surface area (Å²) >= 11 is 0. The summed E-state index contributed by atoms with van der Waals surface area (Å²) in [6.07, 6.45) is 2.56. The molecule has 2 aromatic rings. The van der Waals surface area contributed by atoms with Crippen molar-refractivity contribution in [3.63, 3.8) is 0 Å². The Morgan fingerprint density at radius 1 is 1.06 bits per heavy atom. The van der Waals surface area contributed by atoms with E-state index in [0.717, 1.165) is 24.2 Å². The first-order valence-corrected chi connectivity index (χ1v) is 11.1. The number of non-ortho nitro benzene ring substituents is 1. The fourth-order valence-corrected chi connectivity index (χ4v) is 4.50. The van der Waals surface area contributed by atoms with E-state index >= 15 is 0 Å². The van der Waals surface area contributed by atoms with E-state index in [-0.39, 0.29) is 24.0 Å². The van der Waals surface area contributed by atoms with E-state index in [1.807, 2.05) is 29.2 Å². The molecular weight excluding hydrogens is 422 g/mol. The summed E-state index contributed by atoms with van der Waals surface area (Å²) in [6.45, 7) is 3.81. The van der Waals surface area contributed by atoms with Gasteiger partial charge in [0.15, 0.2) is 0 Å². The molecule has 172 valence electrons. The fraction of sp³-hybridized carbons (Fsp3) is 0.360. The number of nitrogens with zero attached hydrogens (tertiary/aromatic N) is 3. The second-order valence-electron chi connectivity index (χ2n) is 8.58. The van der Waals surface area contributed by atoms with Crippen LogP contribution >= 0.6 is 0 Å². The molecule has 2 amide bonds. The number of benzene rings is 2. The molecule has 0 aromatic heterocycles. The van der Waals surface area contributed by atoms with Crippen LogP contribution < -0.4 is 4.74 Å². The number of rotatable bonds is 7. The molecule has 2 aliphatic heterocycles. The summed E-state index contributed by atoms with van der Waals surface area (Å²) in [7, 11) is 1.60. The molecule has 1 fully saturated rings. The Labute approximate surface area is 192 Å². The molecule has 0 bridgehead atoms. The first kappa shape index (κ1) is 22.5. The van der Waals surface area contributed by atoms with Gasteiger partial charge >= 0.3 is 0 Å². The van der Waals surface area contributed by atoms with E-state index in [2.05, 4.69) is 6.92 Å². The van der Waals surface area contributed by atoms with Crippen LogP contribution in [-0.4, -0.2) is 53.3 Å². The molecule has 4 rings (SSSR count). The monoisotopic (exact) mass is 449 g/mol. The number of imide groups is 1. The average Bonchev–Trinajstić information content (AvgIpc) is 3.07. The molecule has 1 saturated heterocycles. The second-order valence-corrected chi connectivity index (χ2v) is 8.58. The maximum atomic E-state index is 13.5. The molecule has 1 unspecified atom stereocenters.